The van der Waals surface area contributed by atoms with Gasteiger partial charge in [-0.25, -0.2) is 4.39 Å². The molecule has 2 aromatic heterocycles. The number of hydrogen-bond donors (Lipinski definition) is 0. The Kier molecular flexibility index (Phi) is 3.24. The molecule has 0 saturated carbocycles. The molecule has 0 bridgehead atoms. The normalized spacial score (nSPS) is 11.2. The van der Waals surface area contributed by atoms with Gasteiger partial charge in [-0.05, 0) is 18.2 Å². The van der Waals surface area contributed by atoms with Crippen LogP contribution >= 0.6 is 27.3 Å². The van der Waals surface area contributed by atoms with E-state index in [1.54, 1.807) is 16.6 Å². The van der Waals surface area contributed by atoms with Crippen LogP contribution in [-0.4, -0.2) is 19.8 Å². The minimum Gasteiger partial charge on any atom is -0.207 e. The molecule has 0 atom stereocenters. The third-order valence-electron chi connectivity index (χ3n) is 3.18. The molecule has 7 heteroatoms. The fourth-order valence-corrected chi connectivity index (χ4v) is 3.65. The SMILES string of the molecule is Fc1cccc(-c2nnc3sc(-c4ccccc4Br)nn23)c1. The smallest absolute Gasteiger partial charge is 0.207 e. The maximum absolute atomic E-state index is 13.4. The van der Waals surface area contributed by atoms with Crippen LogP contribution in [0, 0.1) is 5.82 Å². The summed E-state index contributed by atoms with van der Waals surface area (Å²) in [6.45, 7) is 0. The standard InChI is InChI=1S/C15H8BrFN4S/c16-12-7-2-1-6-11(12)14-20-21-13(18-19-15(21)22-14)9-4-3-5-10(17)8-9/h1-8H. The second kappa shape index (κ2) is 5.26. The Morgan fingerprint density at radius 1 is 1.05 bits per heavy atom. The molecule has 0 radical (unpaired) electrons. The van der Waals surface area contributed by atoms with Crippen molar-refractivity contribution in [2.45, 2.75) is 0 Å². The van der Waals surface area contributed by atoms with Crippen molar-refractivity contribution in [1.82, 2.24) is 19.8 Å². The molecule has 0 N–H and O–H groups in total. The highest BCUT2D eigenvalue weighted by atomic mass is 79.9. The lowest BCUT2D eigenvalue weighted by atomic mass is 10.2. The predicted molar refractivity (Wildman–Crippen MR) is 87.2 cm³/mol. The molecule has 0 unspecified atom stereocenters. The average molecular weight is 375 g/mol. The maximum atomic E-state index is 13.4. The summed E-state index contributed by atoms with van der Waals surface area (Å²) in [5.41, 5.74) is 1.64. The Hall–Kier alpha value is -2.12. The molecule has 0 aliphatic carbocycles. The van der Waals surface area contributed by atoms with Crippen LogP contribution in [-0.2, 0) is 0 Å². The van der Waals surface area contributed by atoms with E-state index < -0.39 is 0 Å². The lowest BCUT2D eigenvalue weighted by Crippen LogP contribution is -1.91. The van der Waals surface area contributed by atoms with E-state index >= 15 is 0 Å². The highest BCUT2D eigenvalue weighted by Crippen LogP contribution is 2.32. The Morgan fingerprint density at radius 2 is 1.91 bits per heavy atom. The van der Waals surface area contributed by atoms with Crippen molar-refractivity contribution in [2.75, 3.05) is 0 Å². The topological polar surface area (TPSA) is 43.1 Å². The van der Waals surface area contributed by atoms with Gasteiger partial charge in [-0.15, -0.1) is 10.2 Å². The molecule has 0 aliphatic rings. The molecule has 108 valence electrons. The van der Waals surface area contributed by atoms with E-state index in [4.69, 9.17) is 0 Å². The van der Waals surface area contributed by atoms with E-state index in [1.165, 1.54) is 23.5 Å². The fraction of sp³-hybridized carbons (Fsp3) is 0. The molecule has 0 saturated heterocycles. The molecule has 2 heterocycles. The van der Waals surface area contributed by atoms with E-state index in [1.807, 2.05) is 24.3 Å². The van der Waals surface area contributed by atoms with Crippen LogP contribution in [0.15, 0.2) is 53.0 Å². The van der Waals surface area contributed by atoms with Gasteiger partial charge in [0.15, 0.2) is 5.82 Å². The first-order chi connectivity index (χ1) is 10.7. The van der Waals surface area contributed by atoms with Crippen molar-refractivity contribution in [1.29, 1.82) is 0 Å². The number of benzene rings is 2. The first kappa shape index (κ1) is 13.5. The van der Waals surface area contributed by atoms with Gasteiger partial charge in [0.2, 0.25) is 4.96 Å². The van der Waals surface area contributed by atoms with Crippen LogP contribution in [0.4, 0.5) is 4.39 Å². The summed E-state index contributed by atoms with van der Waals surface area (Å²) in [6, 6.07) is 14.1. The van der Waals surface area contributed by atoms with Crippen LogP contribution in [0.2, 0.25) is 0 Å². The Balaban J connectivity index is 1.88. The van der Waals surface area contributed by atoms with Crippen molar-refractivity contribution >= 4 is 32.2 Å². The molecule has 4 rings (SSSR count). The van der Waals surface area contributed by atoms with Crippen molar-refractivity contribution in [3.8, 4) is 22.0 Å². The zero-order valence-corrected chi connectivity index (χ0v) is 13.5. The predicted octanol–water partition coefficient (Wildman–Crippen LogP) is 4.42. The van der Waals surface area contributed by atoms with Gasteiger partial charge >= 0.3 is 0 Å². The highest BCUT2D eigenvalue weighted by Gasteiger charge is 2.15. The van der Waals surface area contributed by atoms with Gasteiger partial charge in [-0.3, -0.25) is 0 Å². The molecule has 4 aromatic rings. The zero-order chi connectivity index (χ0) is 15.1. The Morgan fingerprint density at radius 3 is 2.73 bits per heavy atom. The van der Waals surface area contributed by atoms with Crippen LogP contribution in [0.5, 0.6) is 0 Å². The van der Waals surface area contributed by atoms with Gasteiger partial charge in [0, 0.05) is 15.6 Å². The summed E-state index contributed by atoms with van der Waals surface area (Å²) < 4.78 is 16.0. The van der Waals surface area contributed by atoms with Gasteiger partial charge in [0.25, 0.3) is 0 Å². The van der Waals surface area contributed by atoms with Crippen molar-refractivity contribution < 1.29 is 4.39 Å². The van der Waals surface area contributed by atoms with Gasteiger partial charge in [-0.1, -0.05) is 57.6 Å². The number of rotatable bonds is 2. The van der Waals surface area contributed by atoms with Crippen molar-refractivity contribution in [2.24, 2.45) is 0 Å². The molecule has 0 spiro atoms. The van der Waals surface area contributed by atoms with Crippen molar-refractivity contribution in [3.63, 3.8) is 0 Å². The number of halogens is 2. The van der Waals surface area contributed by atoms with Crippen LogP contribution in [0.3, 0.4) is 0 Å². The van der Waals surface area contributed by atoms with Crippen LogP contribution < -0.4 is 0 Å². The van der Waals surface area contributed by atoms with E-state index in [9.17, 15) is 4.39 Å². The van der Waals surface area contributed by atoms with E-state index in [2.05, 4.69) is 31.2 Å². The summed E-state index contributed by atoms with van der Waals surface area (Å²) >= 11 is 4.96. The first-order valence-electron chi connectivity index (χ1n) is 6.45. The second-order valence-electron chi connectivity index (χ2n) is 4.62. The van der Waals surface area contributed by atoms with E-state index in [-0.39, 0.29) is 5.82 Å². The monoisotopic (exact) mass is 374 g/mol. The van der Waals surface area contributed by atoms with Gasteiger partial charge < -0.3 is 0 Å². The summed E-state index contributed by atoms with van der Waals surface area (Å²) in [5, 5.41) is 13.6. The molecule has 4 nitrogen and oxygen atoms in total. The van der Waals surface area contributed by atoms with Crippen LogP contribution in [0.25, 0.3) is 26.9 Å². The van der Waals surface area contributed by atoms with Crippen LogP contribution in [0.1, 0.15) is 0 Å². The molecular formula is C15H8BrFN4S. The highest BCUT2D eigenvalue weighted by molar-refractivity contribution is 9.10. The molecular weight excluding hydrogens is 367 g/mol. The molecule has 0 amide bonds. The summed E-state index contributed by atoms with van der Waals surface area (Å²) in [4.78, 5) is 0.671. The van der Waals surface area contributed by atoms with E-state index in [0.717, 1.165) is 15.0 Å². The quantitative estimate of drug-likeness (QED) is 0.521. The van der Waals surface area contributed by atoms with Gasteiger partial charge in [-0.2, -0.15) is 9.61 Å². The molecule has 0 fully saturated rings. The summed E-state index contributed by atoms with van der Waals surface area (Å²) in [5.74, 6) is 0.222. The fourth-order valence-electron chi connectivity index (χ4n) is 2.17. The lowest BCUT2D eigenvalue weighted by molar-refractivity contribution is 0.628. The minimum atomic E-state index is -0.310. The van der Waals surface area contributed by atoms with Gasteiger partial charge in [0.05, 0.1) is 0 Å². The molecule has 2 aromatic carbocycles. The third-order valence-corrected chi connectivity index (χ3v) is 4.80. The second-order valence-corrected chi connectivity index (χ2v) is 6.43. The summed E-state index contributed by atoms with van der Waals surface area (Å²) in [6.07, 6.45) is 0. The molecule has 0 aliphatic heterocycles. The third kappa shape index (κ3) is 2.22. The largest absolute Gasteiger partial charge is 0.235 e. The average Bonchev–Trinajstić information content (AvgIpc) is 3.07. The van der Waals surface area contributed by atoms with Crippen molar-refractivity contribution in [3.05, 3.63) is 58.8 Å². The number of hydrogen-bond acceptors (Lipinski definition) is 4. The number of aromatic nitrogens is 4. The van der Waals surface area contributed by atoms with Gasteiger partial charge in [0.1, 0.15) is 10.8 Å². The van der Waals surface area contributed by atoms with E-state index in [0.29, 0.717) is 16.3 Å². The minimum absolute atomic E-state index is 0.310. The zero-order valence-electron chi connectivity index (χ0n) is 11.1. The number of nitrogens with zero attached hydrogens (tertiary/aromatic N) is 4. The molecule has 22 heavy (non-hydrogen) atoms. The Labute approximate surface area is 137 Å². The maximum Gasteiger partial charge on any atom is 0.235 e. The Bertz CT molecular complexity index is 979. The summed E-state index contributed by atoms with van der Waals surface area (Å²) in [7, 11) is 0. The number of fused-ring (bicyclic) bond motifs is 1. The lowest BCUT2D eigenvalue weighted by Gasteiger charge is -1.99. The first-order valence-corrected chi connectivity index (χ1v) is 8.06.